The minimum absolute atomic E-state index is 0.907. The van der Waals surface area contributed by atoms with E-state index in [1.165, 1.54) is 54.6 Å². The van der Waals surface area contributed by atoms with Crippen molar-refractivity contribution in [3.05, 3.63) is 212 Å². The van der Waals surface area contributed by atoms with Crippen LogP contribution in [0.2, 0.25) is 0 Å². The van der Waals surface area contributed by atoms with Crippen molar-refractivity contribution in [2.75, 3.05) is 4.90 Å². The van der Waals surface area contributed by atoms with E-state index >= 15 is 0 Å². The molecule has 0 saturated heterocycles. The zero-order valence-corrected chi connectivity index (χ0v) is 30.6. The third-order valence-electron chi connectivity index (χ3n) is 11.3. The summed E-state index contributed by atoms with van der Waals surface area (Å²) in [5, 5.41) is 9.84. The summed E-state index contributed by atoms with van der Waals surface area (Å²) in [6, 6.07) is 76.4. The molecule has 11 rings (SSSR count). The monoisotopic (exact) mass is 713 g/mol. The standard InChI is InChI=1S/C54H35NO/c1-3-13-44-36(10-1)12-7-16-45(44)38-22-29-41(30-23-38)55(43-33-26-40(27-34-43)48-18-9-20-52-51-15-5-6-21-53(51)56-54(48)52)42-31-24-39(25-32-42)47-17-8-19-49-46-14-4-2-11-37(46)28-35-50(47)49/h1-35H. The number of para-hydroxylation sites is 2. The summed E-state index contributed by atoms with van der Waals surface area (Å²) in [7, 11) is 0. The van der Waals surface area contributed by atoms with E-state index in [0.29, 0.717) is 0 Å². The minimum atomic E-state index is 0.907. The second-order valence-corrected chi connectivity index (χ2v) is 14.5. The van der Waals surface area contributed by atoms with E-state index in [1.807, 2.05) is 12.1 Å². The Hall–Kier alpha value is -7.42. The number of benzene rings is 10. The quantitative estimate of drug-likeness (QED) is 0.160. The first-order valence-electron chi connectivity index (χ1n) is 19.2. The third kappa shape index (κ3) is 5.34. The van der Waals surface area contributed by atoms with Gasteiger partial charge < -0.3 is 9.32 Å². The lowest BCUT2D eigenvalue weighted by Crippen LogP contribution is -2.09. The van der Waals surface area contributed by atoms with Crippen LogP contribution < -0.4 is 4.90 Å². The van der Waals surface area contributed by atoms with Gasteiger partial charge in [-0.25, -0.2) is 0 Å². The van der Waals surface area contributed by atoms with E-state index in [4.69, 9.17) is 4.42 Å². The van der Waals surface area contributed by atoms with Crippen LogP contribution in [0.3, 0.4) is 0 Å². The molecule has 262 valence electrons. The number of furan rings is 1. The average molecular weight is 714 g/mol. The van der Waals surface area contributed by atoms with Crippen molar-refractivity contribution >= 4 is 71.3 Å². The number of fused-ring (bicyclic) bond motifs is 7. The van der Waals surface area contributed by atoms with E-state index < -0.39 is 0 Å². The Bertz CT molecular complexity index is 3220. The Balaban J connectivity index is 1.01. The Morgan fingerprint density at radius 3 is 1.38 bits per heavy atom. The number of nitrogens with zero attached hydrogens (tertiary/aromatic N) is 1. The maximum absolute atomic E-state index is 6.41. The normalized spacial score (nSPS) is 11.6. The predicted molar refractivity (Wildman–Crippen MR) is 237 cm³/mol. The van der Waals surface area contributed by atoms with Crippen LogP contribution >= 0.6 is 0 Å². The van der Waals surface area contributed by atoms with E-state index in [9.17, 15) is 0 Å². The second kappa shape index (κ2) is 13.2. The Morgan fingerprint density at radius 2 is 0.714 bits per heavy atom. The highest BCUT2D eigenvalue weighted by atomic mass is 16.3. The Labute approximate surface area is 325 Å². The molecule has 0 amide bonds. The number of rotatable bonds is 6. The highest BCUT2D eigenvalue weighted by molar-refractivity contribution is 6.12. The van der Waals surface area contributed by atoms with Gasteiger partial charge in [0, 0.05) is 33.4 Å². The molecule has 1 heterocycles. The van der Waals surface area contributed by atoms with Crippen molar-refractivity contribution in [1.29, 1.82) is 0 Å². The van der Waals surface area contributed by atoms with Crippen molar-refractivity contribution in [2.45, 2.75) is 0 Å². The Kier molecular flexibility index (Phi) is 7.53. The van der Waals surface area contributed by atoms with Crippen LogP contribution in [-0.2, 0) is 0 Å². The molecule has 0 radical (unpaired) electrons. The lowest BCUT2D eigenvalue weighted by Gasteiger charge is -2.26. The van der Waals surface area contributed by atoms with Crippen LogP contribution in [0.15, 0.2) is 217 Å². The van der Waals surface area contributed by atoms with Crippen LogP contribution in [0.5, 0.6) is 0 Å². The molecule has 11 aromatic rings. The molecule has 0 aliphatic carbocycles. The first kappa shape index (κ1) is 32.0. The lowest BCUT2D eigenvalue weighted by molar-refractivity contribution is 0.670. The van der Waals surface area contributed by atoms with Gasteiger partial charge in [0.25, 0.3) is 0 Å². The summed E-state index contributed by atoms with van der Waals surface area (Å²) in [4.78, 5) is 2.35. The summed E-state index contributed by atoms with van der Waals surface area (Å²) in [6.07, 6.45) is 0. The zero-order valence-electron chi connectivity index (χ0n) is 30.6. The van der Waals surface area contributed by atoms with E-state index in [0.717, 1.165) is 50.1 Å². The van der Waals surface area contributed by atoms with Crippen molar-refractivity contribution in [1.82, 2.24) is 0 Å². The molecule has 0 atom stereocenters. The maximum atomic E-state index is 6.41. The van der Waals surface area contributed by atoms with Gasteiger partial charge in [-0.15, -0.1) is 0 Å². The van der Waals surface area contributed by atoms with Crippen LogP contribution in [0.1, 0.15) is 0 Å². The number of anilines is 3. The van der Waals surface area contributed by atoms with Crippen LogP contribution in [-0.4, -0.2) is 0 Å². The van der Waals surface area contributed by atoms with Crippen LogP contribution in [0.4, 0.5) is 17.1 Å². The van der Waals surface area contributed by atoms with Gasteiger partial charge in [0.1, 0.15) is 11.2 Å². The molecule has 10 aromatic carbocycles. The predicted octanol–water partition coefficient (Wildman–Crippen LogP) is 15.5. The fraction of sp³-hybridized carbons (Fsp3) is 0. The van der Waals surface area contributed by atoms with Gasteiger partial charge in [0.2, 0.25) is 0 Å². The molecule has 0 unspecified atom stereocenters. The van der Waals surface area contributed by atoms with Gasteiger partial charge in [0.15, 0.2) is 0 Å². The van der Waals surface area contributed by atoms with Crippen molar-refractivity contribution in [3.63, 3.8) is 0 Å². The topological polar surface area (TPSA) is 16.4 Å². The molecule has 56 heavy (non-hydrogen) atoms. The highest BCUT2D eigenvalue weighted by Crippen LogP contribution is 2.41. The average Bonchev–Trinajstić information content (AvgIpc) is 3.66. The first-order valence-corrected chi connectivity index (χ1v) is 19.2. The maximum Gasteiger partial charge on any atom is 0.143 e. The first-order chi connectivity index (χ1) is 27.8. The smallest absolute Gasteiger partial charge is 0.143 e. The van der Waals surface area contributed by atoms with Gasteiger partial charge in [-0.2, -0.15) is 0 Å². The summed E-state index contributed by atoms with van der Waals surface area (Å²) in [5.41, 5.74) is 12.1. The summed E-state index contributed by atoms with van der Waals surface area (Å²) in [6.45, 7) is 0. The van der Waals surface area contributed by atoms with Gasteiger partial charge in [0.05, 0.1) is 0 Å². The third-order valence-corrected chi connectivity index (χ3v) is 11.3. The summed E-state index contributed by atoms with van der Waals surface area (Å²) >= 11 is 0. The van der Waals surface area contributed by atoms with Gasteiger partial charge in [-0.1, -0.05) is 170 Å². The SMILES string of the molecule is c1ccc2c(-c3ccc(N(c4ccc(-c5cccc6c5ccc5ccccc56)cc4)c4ccc(-c5cccc6c5oc5ccccc56)cc4)cc3)cccc2c1. The van der Waals surface area contributed by atoms with Crippen molar-refractivity contribution < 1.29 is 4.42 Å². The fourth-order valence-electron chi connectivity index (χ4n) is 8.56. The summed E-state index contributed by atoms with van der Waals surface area (Å²) < 4.78 is 6.41. The van der Waals surface area contributed by atoms with Gasteiger partial charge in [-0.3, -0.25) is 0 Å². The zero-order chi connectivity index (χ0) is 37.0. The molecule has 0 fully saturated rings. The van der Waals surface area contributed by atoms with E-state index in [2.05, 4.69) is 205 Å². The fourth-order valence-corrected chi connectivity index (χ4v) is 8.56. The molecule has 1 aromatic heterocycles. The largest absolute Gasteiger partial charge is 0.455 e. The molecule has 0 N–H and O–H groups in total. The van der Waals surface area contributed by atoms with E-state index in [-0.39, 0.29) is 0 Å². The minimum Gasteiger partial charge on any atom is -0.455 e. The molecular formula is C54H35NO. The highest BCUT2D eigenvalue weighted by Gasteiger charge is 2.17. The second-order valence-electron chi connectivity index (χ2n) is 14.5. The van der Waals surface area contributed by atoms with E-state index in [1.54, 1.807) is 0 Å². The molecule has 0 bridgehead atoms. The number of hydrogen-bond acceptors (Lipinski definition) is 2. The van der Waals surface area contributed by atoms with Gasteiger partial charge >= 0.3 is 0 Å². The number of hydrogen-bond donors (Lipinski definition) is 0. The van der Waals surface area contributed by atoms with Crippen molar-refractivity contribution in [2.24, 2.45) is 0 Å². The van der Waals surface area contributed by atoms with Gasteiger partial charge in [-0.05, 0) is 103 Å². The van der Waals surface area contributed by atoms with Crippen molar-refractivity contribution in [3.8, 4) is 33.4 Å². The summed E-state index contributed by atoms with van der Waals surface area (Å²) in [5.74, 6) is 0. The Morgan fingerprint density at radius 1 is 0.268 bits per heavy atom. The molecule has 2 heteroatoms. The van der Waals surface area contributed by atoms with Crippen LogP contribution in [0, 0.1) is 0 Å². The van der Waals surface area contributed by atoms with Crippen LogP contribution in [0.25, 0.3) is 87.6 Å². The molecule has 0 aliphatic heterocycles. The molecule has 0 saturated carbocycles. The molecule has 0 aliphatic rings. The molecular weight excluding hydrogens is 679 g/mol. The molecule has 2 nitrogen and oxygen atoms in total. The lowest BCUT2D eigenvalue weighted by atomic mass is 9.94. The molecule has 0 spiro atoms.